The molecule has 0 radical (unpaired) electrons. The van der Waals surface area contributed by atoms with Gasteiger partial charge in [-0.15, -0.1) is 0 Å². The third-order valence-electron chi connectivity index (χ3n) is 2.84. The van der Waals surface area contributed by atoms with Crippen molar-refractivity contribution < 1.29 is 0 Å². The van der Waals surface area contributed by atoms with Gasteiger partial charge in [0.15, 0.2) is 0 Å². The van der Waals surface area contributed by atoms with E-state index in [0.29, 0.717) is 6.04 Å². The maximum absolute atomic E-state index is 4.43. The topological polar surface area (TPSA) is 41.1 Å². The van der Waals surface area contributed by atoms with Crippen LogP contribution in [-0.4, -0.2) is 40.5 Å². The number of nitrogens with zero attached hydrogens (tertiary/aromatic N) is 3. The molecule has 0 aliphatic carbocycles. The lowest BCUT2D eigenvalue weighted by Gasteiger charge is -2.33. The van der Waals surface area contributed by atoms with Crippen LogP contribution in [0.2, 0.25) is 0 Å². The van der Waals surface area contributed by atoms with Gasteiger partial charge in [0.2, 0.25) is 0 Å². The minimum atomic E-state index is 0.592. The minimum Gasteiger partial charge on any atom is -0.314 e. The van der Waals surface area contributed by atoms with Crippen LogP contribution in [0.5, 0.6) is 0 Å². The van der Waals surface area contributed by atoms with E-state index in [4.69, 9.17) is 0 Å². The quantitative estimate of drug-likeness (QED) is 0.768. The van der Waals surface area contributed by atoms with Crippen molar-refractivity contribution in [3.05, 3.63) is 23.8 Å². The summed E-state index contributed by atoms with van der Waals surface area (Å²) in [5, 5.41) is 3.39. The van der Waals surface area contributed by atoms with Crippen LogP contribution in [0.4, 0.5) is 0 Å². The number of aryl methyl sites for hydroxylation is 1. The fraction of sp³-hybridized carbons (Fsp3) is 0.636. The molecule has 1 N–H and O–H groups in total. The highest BCUT2D eigenvalue weighted by Gasteiger charge is 2.17. The van der Waals surface area contributed by atoms with Crippen molar-refractivity contribution in [1.29, 1.82) is 0 Å². The molecule has 0 spiro atoms. The first-order valence-corrected chi connectivity index (χ1v) is 5.49. The van der Waals surface area contributed by atoms with Gasteiger partial charge in [-0.2, -0.15) is 0 Å². The lowest BCUT2D eigenvalue weighted by molar-refractivity contribution is 0.163. The summed E-state index contributed by atoms with van der Waals surface area (Å²) in [4.78, 5) is 11.0. The fourth-order valence-corrected chi connectivity index (χ4v) is 1.92. The van der Waals surface area contributed by atoms with Gasteiger partial charge in [-0.1, -0.05) is 0 Å². The van der Waals surface area contributed by atoms with Gasteiger partial charge in [-0.3, -0.25) is 4.90 Å². The zero-order valence-electron chi connectivity index (χ0n) is 9.40. The summed E-state index contributed by atoms with van der Waals surface area (Å²) < 4.78 is 0. The van der Waals surface area contributed by atoms with E-state index in [0.717, 1.165) is 37.7 Å². The Balaban J connectivity index is 2.01. The molecule has 1 aliphatic rings. The molecular formula is C11H18N4. The Kier molecular flexibility index (Phi) is 3.28. The molecule has 1 aromatic heterocycles. The molecule has 1 fully saturated rings. The summed E-state index contributed by atoms with van der Waals surface area (Å²) in [6.07, 6.45) is 1.84. The van der Waals surface area contributed by atoms with Crippen LogP contribution in [0.3, 0.4) is 0 Å². The third kappa shape index (κ3) is 2.73. The molecule has 1 unspecified atom stereocenters. The largest absolute Gasteiger partial charge is 0.314 e. The van der Waals surface area contributed by atoms with Gasteiger partial charge in [0.05, 0.1) is 5.69 Å². The second-order valence-corrected chi connectivity index (χ2v) is 4.12. The molecular weight excluding hydrogens is 188 g/mol. The second kappa shape index (κ2) is 4.68. The number of aromatic nitrogens is 2. The highest BCUT2D eigenvalue weighted by molar-refractivity contribution is 5.02. The average molecular weight is 206 g/mol. The summed E-state index contributed by atoms with van der Waals surface area (Å²) in [7, 11) is 0. The lowest BCUT2D eigenvalue weighted by atomic mass is 10.2. The van der Waals surface area contributed by atoms with Crippen molar-refractivity contribution in [2.75, 3.05) is 19.6 Å². The van der Waals surface area contributed by atoms with Crippen LogP contribution in [0.25, 0.3) is 0 Å². The van der Waals surface area contributed by atoms with Crippen LogP contribution < -0.4 is 5.32 Å². The molecule has 2 rings (SSSR count). The molecule has 0 bridgehead atoms. The van der Waals surface area contributed by atoms with E-state index in [1.54, 1.807) is 0 Å². The monoisotopic (exact) mass is 206 g/mol. The zero-order chi connectivity index (χ0) is 10.7. The van der Waals surface area contributed by atoms with E-state index in [-0.39, 0.29) is 0 Å². The van der Waals surface area contributed by atoms with Crippen LogP contribution in [-0.2, 0) is 6.54 Å². The van der Waals surface area contributed by atoms with Gasteiger partial charge in [0, 0.05) is 38.4 Å². The Morgan fingerprint density at radius 3 is 3.20 bits per heavy atom. The predicted molar refractivity (Wildman–Crippen MR) is 59.5 cm³/mol. The van der Waals surface area contributed by atoms with Crippen LogP contribution in [0.15, 0.2) is 12.3 Å². The molecule has 0 aromatic carbocycles. The Hall–Kier alpha value is -1.00. The summed E-state index contributed by atoms with van der Waals surface area (Å²) in [5.74, 6) is 0.857. The van der Waals surface area contributed by atoms with Crippen molar-refractivity contribution in [3.8, 4) is 0 Å². The normalized spacial score (nSPS) is 22.9. The number of hydrogen-bond acceptors (Lipinski definition) is 4. The number of piperazine rings is 1. The Labute approximate surface area is 90.7 Å². The van der Waals surface area contributed by atoms with E-state index in [2.05, 4.69) is 27.1 Å². The van der Waals surface area contributed by atoms with E-state index >= 15 is 0 Å². The number of nitrogens with one attached hydrogen (secondary N) is 1. The first kappa shape index (κ1) is 10.5. The fourth-order valence-electron chi connectivity index (χ4n) is 1.92. The first-order valence-electron chi connectivity index (χ1n) is 5.49. The van der Waals surface area contributed by atoms with Gasteiger partial charge >= 0.3 is 0 Å². The summed E-state index contributed by atoms with van der Waals surface area (Å²) in [6, 6.07) is 2.59. The van der Waals surface area contributed by atoms with Crippen LogP contribution >= 0.6 is 0 Å². The van der Waals surface area contributed by atoms with Crippen LogP contribution in [0, 0.1) is 6.92 Å². The Morgan fingerprint density at radius 1 is 1.60 bits per heavy atom. The van der Waals surface area contributed by atoms with Gasteiger partial charge < -0.3 is 5.32 Å². The van der Waals surface area contributed by atoms with E-state index in [9.17, 15) is 0 Å². The molecule has 1 aliphatic heterocycles. The molecule has 4 heteroatoms. The molecule has 2 heterocycles. The van der Waals surface area contributed by atoms with Crippen molar-refractivity contribution in [1.82, 2.24) is 20.2 Å². The van der Waals surface area contributed by atoms with Crippen molar-refractivity contribution in [3.63, 3.8) is 0 Å². The Bertz CT molecular complexity index is 326. The molecule has 4 nitrogen and oxygen atoms in total. The minimum absolute atomic E-state index is 0.592. The predicted octanol–water partition coefficient (Wildman–Crippen LogP) is 0.579. The SMILES string of the molecule is Cc1nccc(CN2CCNCC2C)n1. The number of rotatable bonds is 2. The number of hydrogen-bond donors (Lipinski definition) is 1. The first-order chi connectivity index (χ1) is 7.25. The van der Waals surface area contributed by atoms with Gasteiger partial charge in [0.25, 0.3) is 0 Å². The molecule has 82 valence electrons. The Morgan fingerprint density at radius 2 is 2.47 bits per heavy atom. The van der Waals surface area contributed by atoms with Crippen molar-refractivity contribution in [2.24, 2.45) is 0 Å². The summed E-state index contributed by atoms with van der Waals surface area (Å²) >= 11 is 0. The molecule has 15 heavy (non-hydrogen) atoms. The maximum atomic E-state index is 4.43. The highest BCUT2D eigenvalue weighted by Crippen LogP contribution is 2.07. The third-order valence-corrected chi connectivity index (χ3v) is 2.84. The molecule has 1 saturated heterocycles. The maximum Gasteiger partial charge on any atom is 0.125 e. The summed E-state index contributed by atoms with van der Waals surface area (Å²) in [6.45, 7) is 8.37. The average Bonchev–Trinajstić information content (AvgIpc) is 2.22. The van der Waals surface area contributed by atoms with Gasteiger partial charge in [-0.25, -0.2) is 9.97 Å². The lowest BCUT2D eigenvalue weighted by Crippen LogP contribution is -2.49. The van der Waals surface area contributed by atoms with E-state index in [1.807, 2.05) is 19.2 Å². The van der Waals surface area contributed by atoms with Gasteiger partial charge in [0.1, 0.15) is 5.82 Å². The standard InChI is InChI=1S/C11H18N4/c1-9-7-12-5-6-15(9)8-11-3-4-13-10(2)14-11/h3-4,9,12H,5-8H2,1-2H3. The van der Waals surface area contributed by atoms with Crippen LogP contribution in [0.1, 0.15) is 18.4 Å². The van der Waals surface area contributed by atoms with E-state index in [1.165, 1.54) is 0 Å². The van der Waals surface area contributed by atoms with Crippen molar-refractivity contribution >= 4 is 0 Å². The van der Waals surface area contributed by atoms with Crippen molar-refractivity contribution in [2.45, 2.75) is 26.4 Å². The molecule has 0 saturated carbocycles. The molecule has 0 amide bonds. The zero-order valence-corrected chi connectivity index (χ0v) is 9.40. The molecule has 1 aromatic rings. The summed E-state index contributed by atoms with van der Waals surface area (Å²) in [5.41, 5.74) is 1.12. The highest BCUT2D eigenvalue weighted by atomic mass is 15.2. The smallest absolute Gasteiger partial charge is 0.125 e. The van der Waals surface area contributed by atoms with Gasteiger partial charge in [-0.05, 0) is 19.9 Å². The van der Waals surface area contributed by atoms with E-state index < -0.39 is 0 Å². The second-order valence-electron chi connectivity index (χ2n) is 4.12. The molecule has 1 atom stereocenters.